The molecule has 8 heteroatoms. The summed E-state index contributed by atoms with van der Waals surface area (Å²) in [6, 6.07) is 13.7. The van der Waals surface area contributed by atoms with E-state index in [1.54, 1.807) is 36.4 Å². The minimum absolute atomic E-state index is 0.133. The van der Waals surface area contributed by atoms with Crippen molar-refractivity contribution in [1.29, 1.82) is 0 Å². The number of hydrogen-bond acceptors (Lipinski definition) is 3. The SMILES string of the molecule is Cc1cc(S(=O)(=O)N(C)C)ccc1-c1ccc2[nH]c(-c3c(F)cccc3F)cc2n1. The molecule has 0 saturated carbocycles. The lowest BCUT2D eigenvalue weighted by Gasteiger charge is -2.13. The van der Waals surface area contributed by atoms with Crippen LogP contribution >= 0.6 is 0 Å². The van der Waals surface area contributed by atoms with E-state index in [1.165, 1.54) is 32.3 Å². The zero-order valence-electron chi connectivity index (χ0n) is 16.6. The Morgan fingerprint density at radius 3 is 2.30 bits per heavy atom. The van der Waals surface area contributed by atoms with Gasteiger partial charge in [0.2, 0.25) is 10.0 Å². The molecule has 2 aromatic carbocycles. The Labute approximate surface area is 173 Å². The van der Waals surface area contributed by atoms with Crippen LogP contribution in [0.4, 0.5) is 8.78 Å². The van der Waals surface area contributed by atoms with Gasteiger partial charge in [0.25, 0.3) is 0 Å². The molecule has 0 fully saturated rings. The quantitative estimate of drug-likeness (QED) is 0.512. The number of H-pyrrole nitrogens is 1. The number of halogens is 2. The zero-order valence-corrected chi connectivity index (χ0v) is 17.4. The molecule has 0 radical (unpaired) electrons. The molecule has 30 heavy (non-hydrogen) atoms. The number of aromatic nitrogens is 2. The molecule has 4 rings (SSSR count). The first-order chi connectivity index (χ1) is 14.2. The molecule has 0 unspecified atom stereocenters. The van der Waals surface area contributed by atoms with Crippen molar-refractivity contribution in [1.82, 2.24) is 14.3 Å². The molecule has 1 N–H and O–H groups in total. The van der Waals surface area contributed by atoms with Gasteiger partial charge in [0, 0.05) is 19.7 Å². The van der Waals surface area contributed by atoms with E-state index in [9.17, 15) is 17.2 Å². The van der Waals surface area contributed by atoms with Crippen molar-refractivity contribution in [3.63, 3.8) is 0 Å². The third kappa shape index (κ3) is 3.38. The first-order valence-corrected chi connectivity index (χ1v) is 10.6. The minimum atomic E-state index is -3.53. The van der Waals surface area contributed by atoms with Crippen molar-refractivity contribution < 1.29 is 17.2 Å². The van der Waals surface area contributed by atoms with Crippen LogP contribution in [0, 0.1) is 18.6 Å². The van der Waals surface area contributed by atoms with Crippen molar-refractivity contribution in [2.75, 3.05) is 14.1 Å². The molecule has 0 aliphatic rings. The Hall–Kier alpha value is -3.10. The topological polar surface area (TPSA) is 66.1 Å². The number of aryl methyl sites for hydroxylation is 1. The smallest absolute Gasteiger partial charge is 0.242 e. The molecule has 0 saturated heterocycles. The summed E-state index contributed by atoms with van der Waals surface area (Å²) in [5.41, 5.74) is 3.51. The van der Waals surface area contributed by atoms with Gasteiger partial charge in [-0.05, 0) is 55.0 Å². The maximum atomic E-state index is 14.1. The fourth-order valence-electron chi connectivity index (χ4n) is 3.34. The lowest BCUT2D eigenvalue weighted by Crippen LogP contribution is -2.22. The van der Waals surface area contributed by atoms with E-state index in [0.717, 1.165) is 15.4 Å². The summed E-state index contributed by atoms with van der Waals surface area (Å²) < 4.78 is 54.1. The fourth-order valence-corrected chi connectivity index (χ4v) is 4.33. The van der Waals surface area contributed by atoms with E-state index in [0.29, 0.717) is 22.4 Å². The molecule has 154 valence electrons. The number of sulfonamides is 1. The summed E-state index contributed by atoms with van der Waals surface area (Å²) in [5, 5.41) is 0. The van der Waals surface area contributed by atoms with E-state index >= 15 is 0 Å². The van der Waals surface area contributed by atoms with Gasteiger partial charge in [-0.3, -0.25) is 0 Å². The largest absolute Gasteiger partial charge is 0.353 e. The number of aromatic amines is 1. The highest BCUT2D eigenvalue weighted by Gasteiger charge is 2.19. The highest BCUT2D eigenvalue weighted by atomic mass is 32.2. The Kier molecular flexibility index (Phi) is 4.91. The molecule has 4 aromatic rings. The minimum Gasteiger partial charge on any atom is -0.353 e. The van der Waals surface area contributed by atoms with E-state index in [-0.39, 0.29) is 10.5 Å². The summed E-state index contributed by atoms with van der Waals surface area (Å²) in [7, 11) is -0.567. The molecule has 0 aliphatic carbocycles. The fraction of sp³-hybridized carbons (Fsp3) is 0.136. The van der Waals surface area contributed by atoms with Crippen molar-refractivity contribution in [2.45, 2.75) is 11.8 Å². The van der Waals surface area contributed by atoms with Crippen LogP contribution in [0.5, 0.6) is 0 Å². The van der Waals surface area contributed by atoms with Gasteiger partial charge in [0.05, 0.1) is 32.9 Å². The van der Waals surface area contributed by atoms with Crippen molar-refractivity contribution >= 4 is 21.1 Å². The summed E-state index contributed by atoms with van der Waals surface area (Å²) in [6.45, 7) is 1.81. The Morgan fingerprint density at radius 1 is 0.967 bits per heavy atom. The normalized spacial score (nSPS) is 12.1. The number of nitrogens with one attached hydrogen (secondary N) is 1. The maximum absolute atomic E-state index is 14.1. The van der Waals surface area contributed by atoms with Crippen LogP contribution in [-0.2, 0) is 10.0 Å². The molecule has 0 spiro atoms. The molecule has 2 heterocycles. The van der Waals surface area contributed by atoms with E-state index in [2.05, 4.69) is 9.97 Å². The second-order valence-electron chi connectivity index (χ2n) is 7.17. The van der Waals surface area contributed by atoms with Gasteiger partial charge in [-0.2, -0.15) is 0 Å². The molecule has 2 aromatic heterocycles. The van der Waals surface area contributed by atoms with E-state index < -0.39 is 21.7 Å². The average Bonchev–Trinajstić information content (AvgIpc) is 3.10. The molecule has 0 bridgehead atoms. The first kappa shape index (κ1) is 20.2. The molecular weight excluding hydrogens is 408 g/mol. The van der Waals surface area contributed by atoms with E-state index in [4.69, 9.17) is 0 Å². The Bertz CT molecular complexity index is 1360. The number of hydrogen-bond donors (Lipinski definition) is 1. The van der Waals surface area contributed by atoms with Crippen molar-refractivity contribution in [3.05, 3.63) is 71.8 Å². The van der Waals surface area contributed by atoms with Gasteiger partial charge in [-0.15, -0.1) is 0 Å². The predicted octanol–water partition coefficient (Wildman–Crippen LogP) is 4.73. The monoisotopic (exact) mass is 427 g/mol. The van der Waals surface area contributed by atoms with Crippen LogP contribution in [0.2, 0.25) is 0 Å². The summed E-state index contributed by atoms with van der Waals surface area (Å²) in [6.07, 6.45) is 0. The van der Waals surface area contributed by atoms with E-state index in [1.807, 2.05) is 6.92 Å². The summed E-state index contributed by atoms with van der Waals surface area (Å²) >= 11 is 0. The molecule has 0 atom stereocenters. The van der Waals surface area contributed by atoms with Gasteiger partial charge < -0.3 is 4.98 Å². The van der Waals surface area contributed by atoms with Crippen molar-refractivity contribution in [3.8, 4) is 22.5 Å². The number of benzene rings is 2. The number of rotatable bonds is 4. The first-order valence-electron chi connectivity index (χ1n) is 9.16. The van der Waals surface area contributed by atoms with Crippen LogP contribution in [0.3, 0.4) is 0 Å². The lowest BCUT2D eigenvalue weighted by atomic mass is 10.1. The van der Waals surface area contributed by atoms with Gasteiger partial charge in [0.1, 0.15) is 11.6 Å². The summed E-state index contributed by atoms with van der Waals surface area (Å²) in [5.74, 6) is -1.31. The predicted molar refractivity (Wildman–Crippen MR) is 112 cm³/mol. The van der Waals surface area contributed by atoms with Gasteiger partial charge >= 0.3 is 0 Å². The van der Waals surface area contributed by atoms with Crippen LogP contribution in [0.25, 0.3) is 33.5 Å². The Balaban J connectivity index is 1.78. The lowest BCUT2D eigenvalue weighted by molar-refractivity contribution is 0.520. The maximum Gasteiger partial charge on any atom is 0.242 e. The summed E-state index contributed by atoms with van der Waals surface area (Å²) in [4.78, 5) is 7.81. The second kappa shape index (κ2) is 7.30. The van der Waals surface area contributed by atoms with Gasteiger partial charge in [0.15, 0.2) is 0 Å². The van der Waals surface area contributed by atoms with Gasteiger partial charge in [-0.25, -0.2) is 26.5 Å². The zero-order chi connectivity index (χ0) is 21.6. The highest BCUT2D eigenvalue weighted by Crippen LogP contribution is 2.31. The van der Waals surface area contributed by atoms with Crippen molar-refractivity contribution in [2.24, 2.45) is 0 Å². The van der Waals surface area contributed by atoms with Crippen LogP contribution in [0.15, 0.2) is 59.5 Å². The Morgan fingerprint density at radius 2 is 1.67 bits per heavy atom. The van der Waals surface area contributed by atoms with Gasteiger partial charge in [-0.1, -0.05) is 12.1 Å². The molecule has 5 nitrogen and oxygen atoms in total. The molecule has 0 aliphatic heterocycles. The van der Waals surface area contributed by atoms with Crippen LogP contribution in [-0.4, -0.2) is 36.8 Å². The van der Waals surface area contributed by atoms with Crippen LogP contribution < -0.4 is 0 Å². The third-order valence-electron chi connectivity index (χ3n) is 4.96. The molecule has 0 amide bonds. The third-order valence-corrected chi connectivity index (χ3v) is 6.77. The number of nitrogens with zero attached hydrogens (tertiary/aromatic N) is 2. The average molecular weight is 427 g/mol. The highest BCUT2D eigenvalue weighted by molar-refractivity contribution is 7.89. The number of pyridine rings is 1. The van der Waals surface area contributed by atoms with Crippen LogP contribution in [0.1, 0.15) is 5.56 Å². The number of fused-ring (bicyclic) bond motifs is 1. The second-order valence-corrected chi connectivity index (χ2v) is 9.32. The standard InChI is InChI=1S/C22H19F2N3O2S/c1-13-11-14(30(28,29)27(2)3)7-8-15(13)18-9-10-19-20(25-18)12-21(26-19)22-16(23)5-4-6-17(22)24/h4-12,26H,1-3H3. The molecular formula is C22H19F2N3O2S.